The Bertz CT molecular complexity index is 347. The molecule has 13 heavy (non-hydrogen) atoms. The molecule has 4 heteroatoms. The zero-order valence-corrected chi connectivity index (χ0v) is 9.26. The second kappa shape index (κ2) is 3.17. The van der Waals surface area contributed by atoms with Crippen LogP contribution in [0.4, 0.5) is 5.82 Å². The summed E-state index contributed by atoms with van der Waals surface area (Å²) in [5.74, 6) is 0.694. The summed E-state index contributed by atoms with van der Waals surface area (Å²) in [7, 11) is 0. The molecule has 0 fully saturated rings. The van der Waals surface area contributed by atoms with E-state index in [1.54, 1.807) is 6.20 Å². The van der Waals surface area contributed by atoms with Gasteiger partial charge in [-0.15, -0.1) is 5.11 Å². The van der Waals surface area contributed by atoms with E-state index in [0.717, 1.165) is 5.56 Å². The lowest BCUT2D eigenvalue weighted by atomic mass is 10.2. The molecule has 1 aliphatic rings. The summed E-state index contributed by atoms with van der Waals surface area (Å²) in [5, 5.41) is 8.24. The smallest absolute Gasteiger partial charge is 0.181 e. The van der Waals surface area contributed by atoms with Crippen LogP contribution in [0.1, 0.15) is 12.5 Å². The molecule has 0 saturated heterocycles. The lowest BCUT2D eigenvalue weighted by Gasteiger charge is -2.06. The van der Waals surface area contributed by atoms with Crippen LogP contribution in [0.2, 0.25) is 0 Å². The maximum Gasteiger partial charge on any atom is 0.181 e. The average Bonchev–Trinajstić information content (AvgIpc) is 2.27. The van der Waals surface area contributed by atoms with Gasteiger partial charge in [-0.2, -0.15) is 5.11 Å². The van der Waals surface area contributed by atoms with Crippen molar-refractivity contribution in [3.8, 4) is 0 Å². The molecule has 0 amide bonds. The van der Waals surface area contributed by atoms with Gasteiger partial charge in [0.2, 0.25) is 0 Å². The van der Waals surface area contributed by atoms with Crippen LogP contribution in [0.5, 0.6) is 0 Å². The van der Waals surface area contributed by atoms with Crippen LogP contribution >= 0.6 is 22.6 Å². The van der Waals surface area contributed by atoms with Gasteiger partial charge in [0.05, 0.1) is 0 Å². The fraction of sp³-hybridized carbons (Fsp3) is 0.222. The number of hydrogen-bond acceptors (Lipinski definition) is 3. The number of nitrogens with zero attached hydrogens (tertiary/aromatic N) is 3. The molecule has 0 bridgehead atoms. The second-order valence-electron chi connectivity index (χ2n) is 2.97. The summed E-state index contributed by atoms with van der Waals surface area (Å²) in [6.45, 7) is 2.00. The standard InChI is InChI=1S/C9H8IN3/c1-9(10)5-4-7-3-2-6-11-8(7)12-13-9/h2-6H,1H3. The van der Waals surface area contributed by atoms with Crippen LogP contribution in [-0.4, -0.2) is 8.53 Å². The summed E-state index contributed by atoms with van der Waals surface area (Å²) in [5.41, 5.74) is 1.02. The Morgan fingerprint density at radius 2 is 2.31 bits per heavy atom. The highest BCUT2D eigenvalue weighted by atomic mass is 127. The van der Waals surface area contributed by atoms with Crippen molar-refractivity contribution in [2.45, 2.75) is 10.5 Å². The maximum absolute atomic E-state index is 4.16. The first-order valence-corrected chi connectivity index (χ1v) is 5.01. The minimum atomic E-state index is -0.252. The predicted molar refractivity (Wildman–Crippen MR) is 60.2 cm³/mol. The van der Waals surface area contributed by atoms with Gasteiger partial charge in [-0.1, -0.05) is 6.08 Å². The molecule has 1 unspecified atom stereocenters. The van der Waals surface area contributed by atoms with Gasteiger partial charge in [-0.25, -0.2) is 4.98 Å². The fourth-order valence-corrected chi connectivity index (χ4v) is 1.33. The summed E-state index contributed by atoms with van der Waals surface area (Å²) >= 11 is 2.24. The summed E-state index contributed by atoms with van der Waals surface area (Å²) in [6, 6.07) is 3.88. The van der Waals surface area contributed by atoms with Crippen LogP contribution in [0.25, 0.3) is 6.08 Å². The van der Waals surface area contributed by atoms with E-state index in [1.165, 1.54) is 0 Å². The fourth-order valence-electron chi connectivity index (χ4n) is 1.04. The number of aromatic nitrogens is 1. The van der Waals surface area contributed by atoms with Gasteiger partial charge >= 0.3 is 0 Å². The predicted octanol–water partition coefficient (Wildman–Crippen LogP) is 3.34. The van der Waals surface area contributed by atoms with E-state index >= 15 is 0 Å². The highest BCUT2D eigenvalue weighted by Gasteiger charge is 2.17. The maximum atomic E-state index is 4.16. The molecule has 1 aliphatic heterocycles. The first-order valence-electron chi connectivity index (χ1n) is 3.93. The Labute approximate surface area is 90.1 Å². The topological polar surface area (TPSA) is 37.6 Å². The quantitative estimate of drug-likeness (QED) is 0.409. The average molecular weight is 285 g/mol. The van der Waals surface area contributed by atoms with E-state index < -0.39 is 0 Å². The molecule has 0 spiro atoms. The third-order valence-electron chi connectivity index (χ3n) is 1.72. The van der Waals surface area contributed by atoms with E-state index in [9.17, 15) is 0 Å². The monoisotopic (exact) mass is 285 g/mol. The number of alkyl halides is 1. The van der Waals surface area contributed by atoms with Gasteiger partial charge in [0.1, 0.15) is 3.55 Å². The van der Waals surface area contributed by atoms with Crippen molar-refractivity contribution < 1.29 is 0 Å². The van der Waals surface area contributed by atoms with Crippen LogP contribution in [0.15, 0.2) is 34.6 Å². The van der Waals surface area contributed by atoms with E-state index in [2.05, 4.69) is 37.8 Å². The number of rotatable bonds is 0. The lowest BCUT2D eigenvalue weighted by molar-refractivity contribution is 0.826. The Balaban J connectivity index is 2.53. The lowest BCUT2D eigenvalue weighted by Crippen LogP contribution is -2.03. The minimum Gasteiger partial charge on any atom is -0.235 e. The van der Waals surface area contributed by atoms with Gasteiger partial charge in [0.15, 0.2) is 5.82 Å². The van der Waals surface area contributed by atoms with E-state index in [-0.39, 0.29) is 3.55 Å². The minimum absolute atomic E-state index is 0.252. The third-order valence-corrected chi connectivity index (χ3v) is 2.30. The number of fused-ring (bicyclic) bond motifs is 1. The Morgan fingerprint density at radius 1 is 1.46 bits per heavy atom. The molecule has 0 aliphatic carbocycles. The molecule has 1 aromatic heterocycles. The Hall–Kier alpha value is -0.780. The van der Waals surface area contributed by atoms with Crippen molar-refractivity contribution in [1.29, 1.82) is 0 Å². The normalized spacial score (nSPS) is 25.4. The van der Waals surface area contributed by atoms with Crippen LogP contribution < -0.4 is 0 Å². The highest BCUT2D eigenvalue weighted by molar-refractivity contribution is 14.1. The van der Waals surface area contributed by atoms with Crippen molar-refractivity contribution >= 4 is 34.5 Å². The number of halogens is 1. The summed E-state index contributed by atoms with van der Waals surface area (Å²) < 4.78 is -0.252. The second-order valence-corrected chi connectivity index (χ2v) is 5.16. The number of azo groups is 1. The molecule has 2 heterocycles. The van der Waals surface area contributed by atoms with Crippen molar-refractivity contribution in [3.63, 3.8) is 0 Å². The largest absolute Gasteiger partial charge is 0.235 e. The molecule has 0 radical (unpaired) electrons. The zero-order valence-electron chi connectivity index (χ0n) is 7.11. The van der Waals surface area contributed by atoms with E-state index in [4.69, 9.17) is 0 Å². The Kier molecular flexibility index (Phi) is 2.15. The molecule has 1 aromatic rings. The SMILES string of the molecule is CC1(I)C=Cc2cccnc2N=N1. The van der Waals surface area contributed by atoms with Gasteiger partial charge in [0, 0.05) is 11.8 Å². The van der Waals surface area contributed by atoms with Crippen molar-refractivity contribution in [1.82, 2.24) is 4.98 Å². The highest BCUT2D eigenvalue weighted by Crippen LogP contribution is 2.30. The molecule has 0 aromatic carbocycles. The van der Waals surface area contributed by atoms with Crippen LogP contribution in [-0.2, 0) is 0 Å². The van der Waals surface area contributed by atoms with Gasteiger partial charge < -0.3 is 0 Å². The first kappa shape index (κ1) is 8.80. The van der Waals surface area contributed by atoms with Crippen molar-refractivity contribution in [2.75, 3.05) is 0 Å². The zero-order chi connectivity index (χ0) is 9.31. The van der Waals surface area contributed by atoms with Crippen LogP contribution in [0.3, 0.4) is 0 Å². The van der Waals surface area contributed by atoms with Crippen LogP contribution in [0, 0.1) is 0 Å². The van der Waals surface area contributed by atoms with Crippen molar-refractivity contribution in [2.24, 2.45) is 10.2 Å². The molecule has 1 atom stereocenters. The molecule has 0 N–H and O–H groups in total. The van der Waals surface area contributed by atoms with E-state index in [1.807, 2.05) is 31.2 Å². The third kappa shape index (κ3) is 1.93. The summed E-state index contributed by atoms with van der Waals surface area (Å²) in [4.78, 5) is 4.13. The van der Waals surface area contributed by atoms with Gasteiger partial charge in [0.25, 0.3) is 0 Å². The Morgan fingerprint density at radius 3 is 3.15 bits per heavy atom. The molecule has 2 rings (SSSR count). The van der Waals surface area contributed by atoms with Crippen molar-refractivity contribution in [3.05, 3.63) is 30.0 Å². The number of pyridine rings is 1. The molecule has 0 saturated carbocycles. The summed E-state index contributed by atoms with van der Waals surface area (Å²) in [6.07, 6.45) is 5.75. The van der Waals surface area contributed by atoms with Gasteiger partial charge in [-0.3, -0.25) is 0 Å². The van der Waals surface area contributed by atoms with E-state index in [0.29, 0.717) is 5.82 Å². The first-order chi connectivity index (χ1) is 6.17. The number of hydrogen-bond donors (Lipinski definition) is 0. The molecule has 3 nitrogen and oxygen atoms in total. The molecular formula is C9H8IN3. The molecular weight excluding hydrogens is 277 g/mol. The molecule has 66 valence electrons. The van der Waals surface area contributed by atoms with Gasteiger partial charge in [-0.05, 0) is 47.7 Å².